The Morgan fingerprint density at radius 3 is 2.63 bits per heavy atom. The van der Waals surface area contributed by atoms with Crippen LogP contribution in [0, 0.1) is 5.92 Å². The van der Waals surface area contributed by atoms with E-state index in [-0.39, 0.29) is 17.8 Å². The third kappa shape index (κ3) is 3.78. The van der Waals surface area contributed by atoms with Crippen LogP contribution < -0.4 is 0 Å². The second kappa shape index (κ2) is 6.03. The minimum Gasteiger partial charge on any atom is -0.371 e. The van der Waals surface area contributed by atoms with Crippen LogP contribution in [0.2, 0.25) is 0 Å². The number of hydrogen-bond donors (Lipinski definition) is 0. The van der Waals surface area contributed by atoms with Crippen LogP contribution in [0.5, 0.6) is 0 Å². The minimum absolute atomic E-state index is 0.142. The smallest absolute Gasteiger partial charge is 0.214 e. The van der Waals surface area contributed by atoms with Gasteiger partial charge in [0.15, 0.2) is 0 Å². The van der Waals surface area contributed by atoms with Gasteiger partial charge in [-0.15, -0.1) is 0 Å². The van der Waals surface area contributed by atoms with Crippen molar-refractivity contribution in [3.63, 3.8) is 0 Å². The van der Waals surface area contributed by atoms with Crippen molar-refractivity contribution in [3.05, 3.63) is 35.9 Å². The normalized spacial score (nSPS) is 21.7. The van der Waals surface area contributed by atoms with Gasteiger partial charge in [-0.2, -0.15) is 4.31 Å². The Morgan fingerprint density at radius 1 is 1.32 bits per heavy atom. The Balaban J connectivity index is 2.09. The molecule has 0 spiro atoms. The summed E-state index contributed by atoms with van der Waals surface area (Å²) < 4.78 is 31.7. The van der Waals surface area contributed by atoms with Gasteiger partial charge in [0.05, 0.1) is 18.5 Å². The predicted molar refractivity (Wildman–Crippen MR) is 75.3 cm³/mol. The topological polar surface area (TPSA) is 46.6 Å². The van der Waals surface area contributed by atoms with E-state index in [1.807, 2.05) is 44.2 Å². The number of ether oxygens (including phenoxy) is 1. The molecule has 0 radical (unpaired) electrons. The molecule has 1 aliphatic heterocycles. The van der Waals surface area contributed by atoms with Gasteiger partial charge in [-0.3, -0.25) is 0 Å². The Bertz CT molecular complexity index is 499. The van der Waals surface area contributed by atoms with Crippen molar-refractivity contribution in [2.24, 2.45) is 5.92 Å². The third-order valence-corrected chi connectivity index (χ3v) is 5.34. The van der Waals surface area contributed by atoms with Gasteiger partial charge >= 0.3 is 0 Å². The average molecular weight is 283 g/mol. The zero-order chi connectivity index (χ0) is 13.9. The Morgan fingerprint density at radius 2 is 2.00 bits per heavy atom. The lowest BCUT2D eigenvalue weighted by molar-refractivity contribution is -0.00261. The minimum atomic E-state index is -3.17. The summed E-state index contributed by atoms with van der Waals surface area (Å²) >= 11 is 0. The standard InChI is InChI=1S/C14H21NO3S/c1-12(2)11-19(16,17)15-8-9-18-14(10-15)13-6-4-3-5-7-13/h3-7,12,14H,8-11H2,1-2H3. The van der Waals surface area contributed by atoms with Gasteiger partial charge in [0.25, 0.3) is 0 Å². The van der Waals surface area contributed by atoms with Crippen LogP contribution >= 0.6 is 0 Å². The second-order valence-electron chi connectivity index (χ2n) is 5.30. The molecule has 0 saturated carbocycles. The second-order valence-corrected chi connectivity index (χ2v) is 7.31. The molecule has 106 valence electrons. The Labute approximate surface area is 115 Å². The number of morpholine rings is 1. The predicted octanol–water partition coefficient (Wildman–Crippen LogP) is 2.05. The highest BCUT2D eigenvalue weighted by atomic mass is 32.2. The summed E-state index contributed by atoms with van der Waals surface area (Å²) in [6.07, 6.45) is -0.156. The van der Waals surface area contributed by atoms with Crippen LogP contribution in [-0.4, -0.2) is 38.2 Å². The molecular formula is C14H21NO3S. The maximum Gasteiger partial charge on any atom is 0.214 e. The third-order valence-electron chi connectivity index (χ3n) is 3.14. The van der Waals surface area contributed by atoms with Gasteiger partial charge in [-0.1, -0.05) is 44.2 Å². The lowest BCUT2D eigenvalue weighted by atomic mass is 10.1. The van der Waals surface area contributed by atoms with Gasteiger partial charge in [-0.25, -0.2) is 8.42 Å². The molecular weight excluding hydrogens is 262 g/mol. The van der Waals surface area contributed by atoms with E-state index in [1.165, 1.54) is 0 Å². The molecule has 1 heterocycles. The quantitative estimate of drug-likeness (QED) is 0.849. The molecule has 0 aliphatic carbocycles. The van der Waals surface area contributed by atoms with E-state index in [4.69, 9.17) is 4.74 Å². The van der Waals surface area contributed by atoms with E-state index >= 15 is 0 Å². The van der Waals surface area contributed by atoms with Crippen LogP contribution in [0.25, 0.3) is 0 Å². The summed E-state index contributed by atoms with van der Waals surface area (Å²) in [5.41, 5.74) is 1.03. The summed E-state index contributed by atoms with van der Waals surface area (Å²) in [4.78, 5) is 0. The van der Waals surface area contributed by atoms with E-state index < -0.39 is 10.0 Å². The molecule has 1 aromatic rings. The first kappa shape index (κ1) is 14.5. The zero-order valence-corrected chi connectivity index (χ0v) is 12.3. The SMILES string of the molecule is CC(C)CS(=O)(=O)N1CCOC(c2ccccc2)C1. The lowest BCUT2D eigenvalue weighted by Gasteiger charge is -2.32. The Kier molecular flexibility index (Phi) is 4.60. The monoisotopic (exact) mass is 283 g/mol. The van der Waals surface area contributed by atoms with Gasteiger partial charge < -0.3 is 4.74 Å². The Hall–Kier alpha value is -0.910. The van der Waals surface area contributed by atoms with E-state index in [0.29, 0.717) is 19.7 Å². The fourth-order valence-electron chi connectivity index (χ4n) is 2.27. The van der Waals surface area contributed by atoms with Crippen molar-refractivity contribution >= 4 is 10.0 Å². The summed E-state index contributed by atoms with van der Waals surface area (Å²) in [5.74, 6) is 0.345. The van der Waals surface area contributed by atoms with Crippen molar-refractivity contribution in [3.8, 4) is 0 Å². The first-order valence-corrected chi connectivity index (χ1v) is 8.24. The maximum absolute atomic E-state index is 12.2. The molecule has 0 N–H and O–H groups in total. The summed E-state index contributed by atoms with van der Waals surface area (Å²) in [5, 5.41) is 0. The first-order valence-electron chi connectivity index (χ1n) is 6.63. The van der Waals surface area contributed by atoms with Crippen molar-refractivity contribution in [2.45, 2.75) is 20.0 Å². The van der Waals surface area contributed by atoms with Crippen molar-refractivity contribution in [2.75, 3.05) is 25.4 Å². The van der Waals surface area contributed by atoms with Gasteiger partial charge in [0.2, 0.25) is 10.0 Å². The molecule has 19 heavy (non-hydrogen) atoms. The van der Waals surface area contributed by atoms with Crippen molar-refractivity contribution in [1.82, 2.24) is 4.31 Å². The lowest BCUT2D eigenvalue weighted by Crippen LogP contribution is -2.43. The summed E-state index contributed by atoms with van der Waals surface area (Å²) in [7, 11) is -3.17. The maximum atomic E-state index is 12.2. The number of sulfonamides is 1. The highest BCUT2D eigenvalue weighted by Crippen LogP contribution is 2.24. The number of nitrogens with zero attached hydrogens (tertiary/aromatic N) is 1. The van der Waals surface area contributed by atoms with Crippen LogP contribution in [0.4, 0.5) is 0 Å². The highest BCUT2D eigenvalue weighted by molar-refractivity contribution is 7.89. The van der Waals surface area contributed by atoms with E-state index in [1.54, 1.807) is 4.31 Å². The molecule has 1 fully saturated rings. The van der Waals surface area contributed by atoms with E-state index in [9.17, 15) is 8.42 Å². The van der Waals surface area contributed by atoms with Crippen molar-refractivity contribution < 1.29 is 13.2 Å². The molecule has 1 saturated heterocycles. The average Bonchev–Trinajstić information content (AvgIpc) is 2.38. The fraction of sp³-hybridized carbons (Fsp3) is 0.571. The van der Waals surface area contributed by atoms with Crippen molar-refractivity contribution in [1.29, 1.82) is 0 Å². The van der Waals surface area contributed by atoms with Gasteiger partial charge in [-0.05, 0) is 11.5 Å². The van der Waals surface area contributed by atoms with E-state index in [0.717, 1.165) is 5.56 Å². The summed E-state index contributed by atoms with van der Waals surface area (Å²) in [6, 6.07) is 9.78. The van der Waals surface area contributed by atoms with Gasteiger partial charge in [0.1, 0.15) is 0 Å². The molecule has 1 unspecified atom stereocenters. The molecule has 0 amide bonds. The molecule has 1 atom stereocenters. The molecule has 0 bridgehead atoms. The number of rotatable bonds is 4. The molecule has 1 aliphatic rings. The fourth-order valence-corrected chi connectivity index (χ4v) is 4.04. The van der Waals surface area contributed by atoms with Crippen LogP contribution in [0.1, 0.15) is 25.5 Å². The van der Waals surface area contributed by atoms with E-state index in [2.05, 4.69) is 0 Å². The molecule has 2 rings (SSSR count). The molecule has 1 aromatic carbocycles. The number of benzene rings is 1. The zero-order valence-electron chi connectivity index (χ0n) is 11.5. The molecule has 5 heteroatoms. The number of hydrogen-bond acceptors (Lipinski definition) is 3. The van der Waals surface area contributed by atoms with Crippen LogP contribution in [0.15, 0.2) is 30.3 Å². The first-order chi connectivity index (χ1) is 8.99. The van der Waals surface area contributed by atoms with Gasteiger partial charge in [0, 0.05) is 13.1 Å². The van der Waals surface area contributed by atoms with Crippen LogP contribution in [0.3, 0.4) is 0 Å². The van der Waals surface area contributed by atoms with Crippen LogP contribution in [-0.2, 0) is 14.8 Å². The molecule has 0 aromatic heterocycles. The highest BCUT2D eigenvalue weighted by Gasteiger charge is 2.30. The summed E-state index contributed by atoms with van der Waals surface area (Å²) in [6.45, 7) is 5.17. The molecule has 4 nitrogen and oxygen atoms in total. The largest absolute Gasteiger partial charge is 0.371 e.